The zero-order chi connectivity index (χ0) is 9.14. The zero-order valence-electron chi connectivity index (χ0n) is 7.12. The van der Waals surface area contributed by atoms with Crippen LogP contribution in [-0.2, 0) is 9.59 Å². The third kappa shape index (κ3) is 1.75. The molecule has 0 spiro atoms. The first-order valence-electron chi connectivity index (χ1n) is 4.15. The minimum atomic E-state index is -0.930. The van der Waals surface area contributed by atoms with E-state index in [0.29, 0.717) is 6.54 Å². The van der Waals surface area contributed by atoms with E-state index in [2.05, 4.69) is 0 Å². The summed E-state index contributed by atoms with van der Waals surface area (Å²) in [5.41, 5.74) is 0. The van der Waals surface area contributed by atoms with Crippen LogP contribution in [0.3, 0.4) is 0 Å². The van der Waals surface area contributed by atoms with Gasteiger partial charge in [-0.05, 0) is 12.8 Å². The Balaban J connectivity index is 2.49. The Morgan fingerprint density at radius 1 is 1.75 bits per heavy atom. The minimum Gasteiger partial charge on any atom is -0.480 e. The van der Waals surface area contributed by atoms with Crippen LogP contribution in [0.25, 0.3) is 0 Å². The van der Waals surface area contributed by atoms with E-state index in [4.69, 9.17) is 5.11 Å². The maximum Gasteiger partial charge on any atom is 0.323 e. The molecule has 1 aliphatic heterocycles. The average molecular weight is 171 g/mol. The maximum atomic E-state index is 11.3. The van der Waals surface area contributed by atoms with Crippen LogP contribution in [0.4, 0.5) is 0 Å². The van der Waals surface area contributed by atoms with Crippen LogP contribution in [-0.4, -0.2) is 35.0 Å². The van der Waals surface area contributed by atoms with Gasteiger partial charge in [0.05, 0.1) is 0 Å². The van der Waals surface area contributed by atoms with Crippen LogP contribution < -0.4 is 0 Å². The number of carbonyl (C=O) groups is 2. The van der Waals surface area contributed by atoms with Gasteiger partial charge in [0, 0.05) is 12.5 Å². The molecule has 0 radical (unpaired) electrons. The Morgan fingerprint density at radius 2 is 2.42 bits per heavy atom. The maximum absolute atomic E-state index is 11.3. The molecular weight excluding hydrogens is 158 g/mol. The number of nitrogens with zero attached hydrogens (tertiary/aromatic N) is 1. The summed E-state index contributed by atoms with van der Waals surface area (Å²) in [7, 11) is 0. The van der Waals surface area contributed by atoms with Crippen molar-refractivity contribution in [2.75, 3.05) is 13.1 Å². The number of likely N-dealkylation sites (tertiary alicyclic amines) is 1. The molecule has 0 aromatic heterocycles. The zero-order valence-corrected chi connectivity index (χ0v) is 7.12. The van der Waals surface area contributed by atoms with Crippen molar-refractivity contribution in [3.63, 3.8) is 0 Å². The molecular formula is C8H13NO3. The molecule has 1 unspecified atom stereocenters. The lowest BCUT2D eigenvalue weighted by molar-refractivity contribution is -0.143. The fourth-order valence-electron chi connectivity index (χ4n) is 1.50. The molecule has 0 aliphatic carbocycles. The predicted octanol–water partition coefficient (Wildman–Crippen LogP) is 0.330. The van der Waals surface area contributed by atoms with Crippen molar-refractivity contribution in [3.8, 4) is 0 Å². The van der Waals surface area contributed by atoms with Crippen LogP contribution in [0.5, 0.6) is 0 Å². The molecule has 68 valence electrons. The van der Waals surface area contributed by atoms with Crippen LogP contribution >= 0.6 is 0 Å². The molecule has 1 heterocycles. The van der Waals surface area contributed by atoms with Crippen LogP contribution in [0.2, 0.25) is 0 Å². The first-order valence-corrected chi connectivity index (χ1v) is 4.15. The highest BCUT2D eigenvalue weighted by Crippen LogP contribution is 2.20. The van der Waals surface area contributed by atoms with Gasteiger partial charge < -0.3 is 10.0 Å². The lowest BCUT2D eigenvalue weighted by atomic mass is 10.1. The molecule has 12 heavy (non-hydrogen) atoms. The third-order valence-corrected chi connectivity index (χ3v) is 2.23. The van der Waals surface area contributed by atoms with Crippen molar-refractivity contribution in [2.45, 2.75) is 19.8 Å². The Morgan fingerprint density at radius 3 is 2.83 bits per heavy atom. The van der Waals surface area contributed by atoms with Gasteiger partial charge in [0.1, 0.15) is 6.54 Å². The third-order valence-electron chi connectivity index (χ3n) is 2.23. The average Bonchev–Trinajstić information content (AvgIpc) is 2.32. The molecule has 0 aromatic carbocycles. The van der Waals surface area contributed by atoms with Crippen molar-refractivity contribution in [1.82, 2.24) is 4.90 Å². The van der Waals surface area contributed by atoms with Gasteiger partial charge >= 0.3 is 5.97 Å². The molecule has 1 amide bonds. The second-order valence-electron chi connectivity index (χ2n) is 3.05. The smallest absolute Gasteiger partial charge is 0.323 e. The Hall–Kier alpha value is -1.06. The van der Waals surface area contributed by atoms with E-state index in [1.165, 1.54) is 4.90 Å². The topological polar surface area (TPSA) is 57.6 Å². The lowest BCUT2D eigenvalue weighted by Crippen LogP contribution is -2.32. The fraction of sp³-hybridized carbons (Fsp3) is 0.750. The van der Waals surface area contributed by atoms with Crippen molar-refractivity contribution in [3.05, 3.63) is 0 Å². The Kier molecular flexibility index (Phi) is 2.68. The molecule has 1 rings (SSSR count). The molecule has 4 nitrogen and oxygen atoms in total. The van der Waals surface area contributed by atoms with Gasteiger partial charge in [0.25, 0.3) is 0 Å². The van der Waals surface area contributed by atoms with Crippen LogP contribution in [0.15, 0.2) is 0 Å². The number of amides is 1. The first kappa shape index (κ1) is 9.03. The Labute approximate surface area is 71.2 Å². The number of carboxylic acid groups (broad SMARTS) is 1. The number of carboxylic acids is 1. The predicted molar refractivity (Wildman–Crippen MR) is 42.6 cm³/mol. The minimum absolute atomic E-state index is 0.0000926. The molecule has 1 saturated heterocycles. The second-order valence-corrected chi connectivity index (χ2v) is 3.05. The first-order chi connectivity index (χ1) is 5.65. The van der Waals surface area contributed by atoms with Gasteiger partial charge in [-0.2, -0.15) is 0 Å². The summed E-state index contributed by atoms with van der Waals surface area (Å²) >= 11 is 0. The standard InChI is InChI=1S/C8H13NO3/c1-2-6-3-4-9(8(6)12)5-7(10)11/h6H,2-5H2,1H3,(H,10,11). The van der Waals surface area contributed by atoms with Gasteiger partial charge in [0.2, 0.25) is 5.91 Å². The fourth-order valence-corrected chi connectivity index (χ4v) is 1.50. The normalized spacial score (nSPS) is 23.2. The largest absolute Gasteiger partial charge is 0.480 e. The molecule has 0 saturated carbocycles. The van der Waals surface area contributed by atoms with Gasteiger partial charge in [-0.1, -0.05) is 6.92 Å². The van der Waals surface area contributed by atoms with Gasteiger partial charge in [-0.25, -0.2) is 0 Å². The highest BCUT2D eigenvalue weighted by molar-refractivity contribution is 5.84. The van der Waals surface area contributed by atoms with E-state index in [9.17, 15) is 9.59 Å². The molecule has 1 N–H and O–H groups in total. The molecule has 1 fully saturated rings. The summed E-state index contributed by atoms with van der Waals surface area (Å²) in [6.07, 6.45) is 1.62. The number of rotatable bonds is 3. The number of aliphatic carboxylic acids is 1. The summed E-state index contributed by atoms with van der Waals surface area (Å²) in [5, 5.41) is 8.46. The number of hydrogen-bond donors (Lipinski definition) is 1. The van der Waals surface area contributed by atoms with E-state index >= 15 is 0 Å². The monoisotopic (exact) mass is 171 g/mol. The summed E-state index contributed by atoms with van der Waals surface area (Å²) < 4.78 is 0. The highest BCUT2D eigenvalue weighted by Gasteiger charge is 2.30. The lowest BCUT2D eigenvalue weighted by Gasteiger charge is -2.12. The second kappa shape index (κ2) is 3.56. The van der Waals surface area contributed by atoms with Crippen molar-refractivity contribution in [2.24, 2.45) is 5.92 Å². The van der Waals surface area contributed by atoms with Crippen molar-refractivity contribution >= 4 is 11.9 Å². The van der Waals surface area contributed by atoms with Gasteiger partial charge in [-0.3, -0.25) is 9.59 Å². The van der Waals surface area contributed by atoms with Gasteiger partial charge in [0.15, 0.2) is 0 Å². The van der Waals surface area contributed by atoms with Gasteiger partial charge in [-0.15, -0.1) is 0 Å². The molecule has 4 heteroatoms. The van der Waals surface area contributed by atoms with E-state index < -0.39 is 5.97 Å². The number of carbonyl (C=O) groups excluding carboxylic acids is 1. The molecule has 0 bridgehead atoms. The van der Waals surface area contributed by atoms with Crippen LogP contribution in [0.1, 0.15) is 19.8 Å². The molecule has 1 aliphatic rings. The number of hydrogen-bond acceptors (Lipinski definition) is 2. The van der Waals surface area contributed by atoms with E-state index in [1.54, 1.807) is 0 Å². The van der Waals surface area contributed by atoms with E-state index in [-0.39, 0.29) is 18.4 Å². The summed E-state index contributed by atoms with van der Waals surface area (Å²) in [4.78, 5) is 23.0. The summed E-state index contributed by atoms with van der Waals surface area (Å²) in [5.74, 6) is -0.871. The summed E-state index contributed by atoms with van der Waals surface area (Å²) in [6, 6.07) is 0. The molecule has 0 aromatic rings. The summed E-state index contributed by atoms with van der Waals surface area (Å²) in [6.45, 7) is 2.41. The van der Waals surface area contributed by atoms with Crippen LogP contribution in [0, 0.1) is 5.92 Å². The Bertz CT molecular complexity index is 202. The van der Waals surface area contributed by atoms with Crippen molar-refractivity contribution in [1.29, 1.82) is 0 Å². The van der Waals surface area contributed by atoms with Crippen molar-refractivity contribution < 1.29 is 14.7 Å². The van der Waals surface area contributed by atoms with E-state index in [0.717, 1.165) is 12.8 Å². The van der Waals surface area contributed by atoms with E-state index in [1.807, 2.05) is 6.92 Å². The quantitative estimate of drug-likeness (QED) is 0.665. The molecule has 1 atom stereocenters. The SMILES string of the molecule is CCC1CCN(CC(=O)O)C1=O. The highest BCUT2D eigenvalue weighted by atomic mass is 16.4.